The molecule has 6 nitrogen and oxygen atoms in total. The smallest absolute Gasteiger partial charge is 0.251 e. The van der Waals surface area contributed by atoms with Crippen LogP contribution in [0.4, 0.5) is 10.1 Å². The van der Waals surface area contributed by atoms with Gasteiger partial charge < -0.3 is 15.5 Å². The minimum atomic E-state index is -0.349. The third kappa shape index (κ3) is 6.06. The van der Waals surface area contributed by atoms with Crippen molar-refractivity contribution in [2.45, 2.75) is 18.6 Å². The molecule has 0 unspecified atom stereocenters. The molecular formula is C22H24FN3O3S. The van der Waals surface area contributed by atoms with Gasteiger partial charge in [0.25, 0.3) is 5.91 Å². The molecule has 0 aliphatic carbocycles. The van der Waals surface area contributed by atoms with Crippen LogP contribution in [-0.4, -0.2) is 43.1 Å². The topological polar surface area (TPSA) is 78.5 Å². The highest BCUT2D eigenvalue weighted by atomic mass is 32.2. The van der Waals surface area contributed by atoms with Gasteiger partial charge in [-0.25, -0.2) is 4.39 Å². The Balaban J connectivity index is 1.33. The Morgan fingerprint density at radius 2 is 1.83 bits per heavy atom. The molecule has 1 fully saturated rings. The molecule has 1 aliphatic rings. The van der Waals surface area contributed by atoms with Gasteiger partial charge in [0.1, 0.15) is 5.82 Å². The van der Waals surface area contributed by atoms with E-state index in [-0.39, 0.29) is 30.1 Å². The second-order valence-electron chi connectivity index (χ2n) is 6.87. The molecule has 1 aliphatic heterocycles. The normalized spacial score (nSPS) is 13.4. The minimum absolute atomic E-state index is 0.0935. The standard InChI is InChI=1S/C22H24FN3O3S/c23-19-5-2-1-4-17(19)15-30-13-11-24-20(27)14-25-22(29)16-7-9-18(10-8-16)26-12-3-6-21(26)28/h1-2,4-5,7-10H,3,6,11-15H2,(H,24,27)(H,25,29). The maximum Gasteiger partial charge on any atom is 0.251 e. The van der Waals surface area contributed by atoms with Gasteiger partial charge in [-0.3, -0.25) is 14.4 Å². The number of amides is 3. The molecule has 0 saturated carbocycles. The lowest BCUT2D eigenvalue weighted by atomic mass is 10.2. The van der Waals surface area contributed by atoms with Gasteiger partial charge in [-0.15, -0.1) is 0 Å². The first-order valence-corrected chi connectivity index (χ1v) is 11.0. The van der Waals surface area contributed by atoms with Crippen molar-refractivity contribution in [3.8, 4) is 0 Å². The molecule has 2 aromatic carbocycles. The van der Waals surface area contributed by atoms with Crippen LogP contribution < -0.4 is 15.5 Å². The molecule has 8 heteroatoms. The fraction of sp³-hybridized carbons (Fsp3) is 0.318. The fourth-order valence-electron chi connectivity index (χ4n) is 3.10. The van der Waals surface area contributed by atoms with E-state index in [1.165, 1.54) is 17.8 Å². The number of hydrogen-bond acceptors (Lipinski definition) is 4. The molecule has 0 spiro atoms. The van der Waals surface area contributed by atoms with Gasteiger partial charge in [0.05, 0.1) is 6.54 Å². The first-order valence-electron chi connectivity index (χ1n) is 9.81. The highest BCUT2D eigenvalue weighted by Gasteiger charge is 2.21. The van der Waals surface area contributed by atoms with Gasteiger partial charge in [0, 0.05) is 42.3 Å². The first-order chi connectivity index (χ1) is 14.5. The lowest BCUT2D eigenvalue weighted by Gasteiger charge is -2.15. The lowest BCUT2D eigenvalue weighted by molar-refractivity contribution is -0.120. The summed E-state index contributed by atoms with van der Waals surface area (Å²) in [5.74, 6) is 0.420. The predicted molar refractivity (Wildman–Crippen MR) is 116 cm³/mol. The van der Waals surface area contributed by atoms with Crippen molar-refractivity contribution < 1.29 is 18.8 Å². The van der Waals surface area contributed by atoms with Gasteiger partial charge in [0.15, 0.2) is 0 Å². The summed E-state index contributed by atoms with van der Waals surface area (Å²) in [5.41, 5.74) is 1.85. The maximum absolute atomic E-state index is 13.5. The van der Waals surface area contributed by atoms with Gasteiger partial charge >= 0.3 is 0 Å². The summed E-state index contributed by atoms with van der Waals surface area (Å²) >= 11 is 1.53. The van der Waals surface area contributed by atoms with Crippen molar-refractivity contribution in [3.05, 3.63) is 65.5 Å². The van der Waals surface area contributed by atoms with E-state index >= 15 is 0 Å². The number of nitrogens with one attached hydrogen (secondary N) is 2. The van der Waals surface area contributed by atoms with Crippen molar-refractivity contribution in [3.63, 3.8) is 0 Å². The van der Waals surface area contributed by atoms with E-state index in [2.05, 4.69) is 10.6 Å². The number of benzene rings is 2. The van der Waals surface area contributed by atoms with E-state index in [9.17, 15) is 18.8 Å². The molecule has 3 rings (SSSR count). The number of hydrogen-bond donors (Lipinski definition) is 2. The largest absolute Gasteiger partial charge is 0.354 e. The Kier molecular flexibility index (Phi) is 7.84. The number of carbonyl (C=O) groups excluding carboxylic acids is 3. The zero-order valence-corrected chi connectivity index (χ0v) is 17.3. The molecule has 2 N–H and O–H groups in total. The zero-order chi connectivity index (χ0) is 21.3. The van der Waals surface area contributed by atoms with Crippen LogP contribution in [0, 0.1) is 5.82 Å². The molecule has 0 aromatic heterocycles. The second kappa shape index (κ2) is 10.8. The average Bonchev–Trinajstić information content (AvgIpc) is 3.19. The van der Waals surface area contributed by atoms with Gasteiger partial charge in [-0.1, -0.05) is 18.2 Å². The summed E-state index contributed by atoms with van der Waals surface area (Å²) in [6.45, 7) is 1.01. The first kappa shape index (κ1) is 21.8. The molecule has 0 bridgehead atoms. The molecule has 30 heavy (non-hydrogen) atoms. The molecule has 0 atom stereocenters. The molecular weight excluding hydrogens is 405 g/mol. The lowest BCUT2D eigenvalue weighted by Crippen LogP contribution is -2.37. The van der Waals surface area contributed by atoms with Crippen LogP contribution in [0.25, 0.3) is 0 Å². The van der Waals surface area contributed by atoms with Crippen molar-refractivity contribution in [1.82, 2.24) is 10.6 Å². The van der Waals surface area contributed by atoms with Crippen molar-refractivity contribution in [2.24, 2.45) is 0 Å². The molecule has 1 saturated heterocycles. The van der Waals surface area contributed by atoms with E-state index in [1.54, 1.807) is 47.4 Å². The van der Waals surface area contributed by atoms with E-state index in [1.807, 2.05) is 0 Å². The number of thioether (sulfide) groups is 1. The maximum atomic E-state index is 13.5. The summed E-state index contributed by atoms with van der Waals surface area (Å²) in [7, 11) is 0. The average molecular weight is 430 g/mol. The summed E-state index contributed by atoms with van der Waals surface area (Å²) in [6, 6.07) is 13.4. The highest BCUT2D eigenvalue weighted by Crippen LogP contribution is 2.21. The van der Waals surface area contributed by atoms with Gasteiger partial charge in [0.2, 0.25) is 11.8 Å². The number of nitrogens with zero attached hydrogens (tertiary/aromatic N) is 1. The third-order valence-corrected chi connectivity index (χ3v) is 5.72. The van der Waals surface area contributed by atoms with Crippen LogP contribution in [0.3, 0.4) is 0 Å². The van der Waals surface area contributed by atoms with E-state index in [0.717, 1.165) is 12.1 Å². The minimum Gasteiger partial charge on any atom is -0.354 e. The number of rotatable bonds is 9. The Labute approximate surface area is 179 Å². The van der Waals surface area contributed by atoms with Crippen LogP contribution in [0.1, 0.15) is 28.8 Å². The summed E-state index contributed by atoms with van der Waals surface area (Å²) in [6.07, 6.45) is 1.40. The van der Waals surface area contributed by atoms with Crippen molar-refractivity contribution >= 4 is 35.2 Å². The quantitative estimate of drug-likeness (QED) is 0.601. The monoisotopic (exact) mass is 429 g/mol. The highest BCUT2D eigenvalue weighted by molar-refractivity contribution is 7.98. The fourth-order valence-corrected chi connectivity index (χ4v) is 3.94. The molecule has 158 valence electrons. The van der Waals surface area contributed by atoms with Crippen LogP contribution in [0.2, 0.25) is 0 Å². The molecule has 3 amide bonds. The summed E-state index contributed by atoms with van der Waals surface area (Å²) in [4.78, 5) is 37.6. The Morgan fingerprint density at radius 1 is 1.07 bits per heavy atom. The van der Waals surface area contributed by atoms with Gasteiger partial charge in [-0.05, 0) is 42.3 Å². The second-order valence-corrected chi connectivity index (χ2v) is 7.98. The van der Waals surface area contributed by atoms with Crippen LogP contribution in [-0.2, 0) is 15.3 Å². The summed E-state index contributed by atoms with van der Waals surface area (Å²) < 4.78 is 13.5. The van der Waals surface area contributed by atoms with Crippen LogP contribution in [0.5, 0.6) is 0 Å². The molecule has 2 aromatic rings. The third-order valence-electron chi connectivity index (χ3n) is 4.71. The Hall–Kier alpha value is -2.87. The van der Waals surface area contributed by atoms with Crippen LogP contribution >= 0.6 is 11.8 Å². The van der Waals surface area contributed by atoms with Crippen molar-refractivity contribution in [1.29, 1.82) is 0 Å². The SMILES string of the molecule is O=C(CNC(=O)c1ccc(N2CCCC2=O)cc1)NCCSCc1ccccc1F. The summed E-state index contributed by atoms with van der Waals surface area (Å²) in [5, 5.41) is 5.31. The molecule has 1 heterocycles. The Bertz CT molecular complexity index is 905. The zero-order valence-electron chi connectivity index (χ0n) is 16.5. The predicted octanol–water partition coefficient (Wildman–Crippen LogP) is 2.73. The molecule has 0 radical (unpaired) electrons. The van der Waals surface area contributed by atoms with E-state index in [4.69, 9.17) is 0 Å². The van der Waals surface area contributed by atoms with E-state index in [0.29, 0.717) is 42.1 Å². The van der Waals surface area contributed by atoms with Gasteiger partial charge in [-0.2, -0.15) is 11.8 Å². The van der Waals surface area contributed by atoms with E-state index < -0.39 is 0 Å². The Morgan fingerprint density at radius 3 is 2.53 bits per heavy atom. The van der Waals surface area contributed by atoms with Crippen LogP contribution in [0.15, 0.2) is 48.5 Å². The van der Waals surface area contributed by atoms with Crippen molar-refractivity contribution in [2.75, 3.05) is 30.3 Å². The number of carbonyl (C=O) groups is 3. The number of halogens is 1. The number of anilines is 1.